The Labute approximate surface area is 133 Å². The Hall–Kier alpha value is -1.59. The minimum atomic E-state index is -1.61. The number of ether oxygens (including phenoxy) is 1. The topological polar surface area (TPSA) is 36.3 Å². The highest BCUT2D eigenvalue weighted by Crippen LogP contribution is 2.25. The number of nitrogens with zero attached hydrogens (tertiary/aromatic N) is 2. The first kappa shape index (κ1) is 16.8. The third-order valence-corrected chi connectivity index (χ3v) is 4.29. The Morgan fingerprint density at radius 3 is 2.68 bits per heavy atom. The fourth-order valence-electron chi connectivity index (χ4n) is 2.49. The summed E-state index contributed by atoms with van der Waals surface area (Å²) in [5, 5.41) is 0. The van der Waals surface area contributed by atoms with E-state index in [0.717, 1.165) is 23.4 Å². The van der Waals surface area contributed by atoms with Crippen LogP contribution in [0.3, 0.4) is 0 Å². The summed E-state index contributed by atoms with van der Waals surface area (Å²) in [6.07, 6.45) is 3.75. The predicted molar refractivity (Wildman–Crippen MR) is 93.3 cm³/mol. The molecule has 0 saturated carbocycles. The van der Waals surface area contributed by atoms with Gasteiger partial charge in [-0.25, -0.2) is 4.98 Å². The van der Waals surface area contributed by atoms with E-state index in [-0.39, 0.29) is 6.10 Å². The fraction of sp³-hybridized carbons (Fsp3) is 0.471. The predicted octanol–water partition coefficient (Wildman–Crippen LogP) is 4.50. The van der Waals surface area contributed by atoms with Gasteiger partial charge in [0.05, 0.1) is 23.9 Å². The second kappa shape index (κ2) is 7.11. The van der Waals surface area contributed by atoms with Crippen molar-refractivity contribution in [1.29, 1.82) is 0 Å². The number of rotatable bonds is 7. The van der Waals surface area contributed by atoms with Crippen molar-refractivity contribution in [3.63, 3.8) is 0 Å². The molecule has 0 radical (unpaired) electrons. The van der Waals surface area contributed by atoms with E-state index in [0.29, 0.717) is 6.61 Å². The second-order valence-corrected chi connectivity index (χ2v) is 10.7. The van der Waals surface area contributed by atoms with Crippen LogP contribution >= 0.6 is 0 Å². The van der Waals surface area contributed by atoms with E-state index >= 15 is 0 Å². The van der Waals surface area contributed by atoms with Crippen LogP contribution in [0.15, 0.2) is 36.6 Å². The molecule has 2 aromatic rings. The highest BCUT2D eigenvalue weighted by atomic mass is 28.4. The summed E-state index contributed by atoms with van der Waals surface area (Å²) in [7, 11) is -1.61. The van der Waals surface area contributed by atoms with Crippen molar-refractivity contribution in [2.45, 2.75) is 46.1 Å². The summed E-state index contributed by atoms with van der Waals surface area (Å²) in [6.45, 7) is 12.1. The maximum Gasteiger partial charge on any atom is 0.184 e. The highest BCUT2D eigenvalue weighted by molar-refractivity contribution is 6.69. The molecule has 1 heterocycles. The Kier molecular flexibility index (Phi) is 5.42. The molecule has 2 rings (SSSR count). The van der Waals surface area contributed by atoms with Crippen LogP contribution in [0.2, 0.25) is 19.6 Å². The molecule has 0 fully saturated rings. The van der Waals surface area contributed by atoms with E-state index in [4.69, 9.17) is 14.1 Å². The lowest BCUT2D eigenvalue weighted by molar-refractivity contribution is 0.204. The monoisotopic (exact) mass is 318 g/mol. The van der Waals surface area contributed by atoms with Gasteiger partial charge in [0.1, 0.15) is 11.9 Å². The van der Waals surface area contributed by atoms with Crippen LogP contribution in [0, 0.1) is 0 Å². The Balaban J connectivity index is 2.35. The molecule has 0 aliphatic rings. The van der Waals surface area contributed by atoms with Crippen LogP contribution < -0.4 is 0 Å². The summed E-state index contributed by atoms with van der Waals surface area (Å²) in [4.78, 5) is 4.78. The molecule has 1 unspecified atom stereocenters. The van der Waals surface area contributed by atoms with Crippen molar-refractivity contribution < 1.29 is 9.16 Å². The molecule has 0 amide bonds. The largest absolute Gasteiger partial charge is 0.502 e. The number of imidazole rings is 1. The summed E-state index contributed by atoms with van der Waals surface area (Å²) >= 11 is 0. The van der Waals surface area contributed by atoms with Crippen LogP contribution in [-0.2, 0) is 15.7 Å². The Morgan fingerprint density at radius 2 is 2.00 bits per heavy atom. The van der Waals surface area contributed by atoms with Gasteiger partial charge in [-0.05, 0) is 51.7 Å². The van der Waals surface area contributed by atoms with Gasteiger partial charge >= 0.3 is 0 Å². The molecule has 5 heteroatoms. The van der Waals surface area contributed by atoms with Gasteiger partial charge in [-0.2, -0.15) is 0 Å². The molecular weight excluding hydrogens is 292 g/mol. The van der Waals surface area contributed by atoms with Gasteiger partial charge < -0.3 is 13.7 Å². The molecule has 0 spiro atoms. The van der Waals surface area contributed by atoms with Crippen molar-refractivity contribution in [2.75, 3.05) is 6.61 Å². The zero-order valence-electron chi connectivity index (χ0n) is 14.2. The molecule has 0 bridgehead atoms. The van der Waals surface area contributed by atoms with Gasteiger partial charge in [-0.15, -0.1) is 0 Å². The average Bonchev–Trinajstić information content (AvgIpc) is 2.81. The second-order valence-electron chi connectivity index (χ2n) is 6.27. The summed E-state index contributed by atoms with van der Waals surface area (Å²) in [6, 6.07) is 8.20. The van der Waals surface area contributed by atoms with Crippen molar-refractivity contribution in [3.8, 4) is 0 Å². The van der Waals surface area contributed by atoms with E-state index in [1.807, 2.05) is 31.2 Å². The molecule has 4 nitrogen and oxygen atoms in total. The van der Waals surface area contributed by atoms with Crippen molar-refractivity contribution in [3.05, 3.63) is 42.4 Å². The lowest BCUT2D eigenvalue weighted by Gasteiger charge is -2.23. The first-order valence-corrected chi connectivity index (χ1v) is 11.2. The van der Waals surface area contributed by atoms with Crippen LogP contribution in [-0.4, -0.2) is 24.5 Å². The molecule has 1 atom stereocenters. The summed E-state index contributed by atoms with van der Waals surface area (Å²) in [5.41, 5.74) is 2.14. The standard InChI is InChI=1S/C17H26N2O2Si/c1-6-20-13-9-12-19-16-11-8-7-10-15(16)18-17(19)14(2)21-22(3,4)5/h7-11,13-14H,6,12H2,1-5H3. The summed E-state index contributed by atoms with van der Waals surface area (Å²) in [5.74, 6) is 0.977. The number of allylic oxidation sites excluding steroid dienone is 1. The fourth-order valence-corrected chi connectivity index (χ4v) is 3.66. The van der Waals surface area contributed by atoms with Crippen molar-refractivity contribution in [1.82, 2.24) is 9.55 Å². The van der Waals surface area contributed by atoms with E-state index in [9.17, 15) is 0 Å². The van der Waals surface area contributed by atoms with Gasteiger partial charge in [0.2, 0.25) is 0 Å². The van der Waals surface area contributed by atoms with Gasteiger partial charge in [-0.3, -0.25) is 0 Å². The molecule has 120 valence electrons. The quantitative estimate of drug-likeness (QED) is 0.557. The molecule has 22 heavy (non-hydrogen) atoms. The molecular formula is C17H26N2O2Si. The molecule has 0 aliphatic carbocycles. The lowest BCUT2D eigenvalue weighted by atomic mass is 10.3. The van der Waals surface area contributed by atoms with Crippen LogP contribution in [0.25, 0.3) is 11.0 Å². The van der Waals surface area contributed by atoms with Gasteiger partial charge in [0.15, 0.2) is 8.32 Å². The third kappa shape index (κ3) is 4.21. The van der Waals surface area contributed by atoms with Crippen LogP contribution in [0.4, 0.5) is 0 Å². The third-order valence-electron chi connectivity index (χ3n) is 3.23. The Bertz CT molecular complexity index is 644. The number of hydrogen-bond acceptors (Lipinski definition) is 3. The minimum absolute atomic E-state index is 0.0143. The number of hydrogen-bond donors (Lipinski definition) is 0. The lowest BCUT2D eigenvalue weighted by Crippen LogP contribution is -2.28. The van der Waals surface area contributed by atoms with Gasteiger partial charge in [-0.1, -0.05) is 12.1 Å². The number of benzene rings is 1. The van der Waals surface area contributed by atoms with Crippen LogP contribution in [0.1, 0.15) is 25.8 Å². The van der Waals surface area contributed by atoms with Gasteiger partial charge in [0.25, 0.3) is 0 Å². The smallest absolute Gasteiger partial charge is 0.184 e. The van der Waals surface area contributed by atoms with Gasteiger partial charge in [0, 0.05) is 6.54 Å². The molecule has 1 aromatic carbocycles. The highest BCUT2D eigenvalue weighted by Gasteiger charge is 2.23. The van der Waals surface area contributed by atoms with E-state index in [1.165, 1.54) is 0 Å². The molecule has 0 N–H and O–H groups in total. The summed E-state index contributed by atoms with van der Waals surface area (Å²) < 4.78 is 13.7. The first-order valence-electron chi connectivity index (χ1n) is 7.82. The first-order chi connectivity index (χ1) is 10.4. The maximum absolute atomic E-state index is 6.22. The zero-order valence-corrected chi connectivity index (χ0v) is 15.2. The number of aromatic nitrogens is 2. The molecule has 0 saturated heterocycles. The average molecular weight is 318 g/mol. The van der Waals surface area contributed by atoms with E-state index in [2.05, 4.69) is 37.2 Å². The maximum atomic E-state index is 6.22. The van der Waals surface area contributed by atoms with Crippen molar-refractivity contribution >= 4 is 19.4 Å². The molecule has 1 aromatic heterocycles. The molecule has 0 aliphatic heterocycles. The number of fused-ring (bicyclic) bond motifs is 1. The van der Waals surface area contributed by atoms with Crippen LogP contribution in [0.5, 0.6) is 0 Å². The Morgan fingerprint density at radius 1 is 1.27 bits per heavy atom. The minimum Gasteiger partial charge on any atom is -0.502 e. The zero-order chi connectivity index (χ0) is 16.2. The van der Waals surface area contributed by atoms with E-state index < -0.39 is 8.32 Å². The number of para-hydroxylation sites is 2. The normalized spacial score (nSPS) is 13.9. The van der Waals surface area contributed by atoms with E-state index in [1.54, 1.807) is 6.26 Å². The SMILES string of the molecule is CCOC=CCn1c(C(C)O[Si](C)(C)C)nc2ccccc21. The van der Waals surface area contributed by atoms with Crippen molar-refractivity contribution in [2.24, 2.45) is 0 Å².